The summed E-state index contributed by atoms with van der Waals surface area (Å²) in [4.78, 5) is 18.7. The van der Waals surface area contributed by atoms with Crippen LogP contribution >= 0.6 is 0 Å². The molecular weight excluding hydrogens is 360 g/mol. The molecule has 1 saturated heterocycles. The molecule has 1 aromatic rings. The van der Waals surface area contributed by atoms with E-state index in [0.29, 0.717) is 30.1 Å². The van der Waals surface area contributed by atoms with E-state index in [2.05, 4.69) is 37.0 Å². The summed E-state index contributed by atoms with van der Waals surface area (Å²) in [6, 6.07) is 4.14. The number of carbonyl (C=O) groups is 1. The normalized spacial score (nSPS) is 38.6. The fourth-order valence-corrected chi connectivity index (χ4v) is 7.26. The number of amides is 1. The molecule has 1 saturated carbocycles. The molecule has 154 valence electrons. The van der Waals surface area contributed by atoms with Gasteiger partial charge in [0.15, 0.2) is 0 Å². The maximum absolute atomic E-state index is 12.3. The van der Waals surface area contributed by atoms with Gasteiger partial charge in [-0.1, -0.05) is 26.0 Å². The molecule has 1 aromatic heterocycles. The zero-order valence-electron chi connectivity index (χ0n) is 18.1. The molecule has 4 heteroatoms. The lowest BCUT2D eigenvalue weighted by Gasteiger charge is -2.58. The zero-order chi connectivity index (χ0) is 20.4. The van der Waals surface area contributed by atoms with E-state index in [9.17, 15) is 4.79 Å². The molecule has 1 amide bonds. The molecule has 5 atom stereocenters. The Morgan fingerprint density at radius 2 is 1.93 bits per heavy atom. The third-order valence-corrected chi connectivity index (χ3v) is 8.85. The molecule has 29 heavy (non-hydrogen) atoms. The van der Waals surface area contributed by atoms with Crippen molar-refractivity contribution in [3.05, 3.63) is 41.7 Å². The van der Waals surface area contributed by atoms with Gasteiger partial charge in [0.1, 0.15) is 0 Å². The fraction of sp³-hybridized carbons (Fsp3) is 0.600. The Kier molecular flexibility index (Phi) is 4.20. The number of hydrogen-bond acceptors (Lipinski definition) is 3. The minimum absolute atomic E-state index is 0.150. The maximum Gasteiger partial charge on any atom is 0.226 e. The number of pyridine rings is 1. The second-order valence-electron chi connectivity index (χ2n) is 9.97. The van der Waals surface area contributed by atoms with E-state index in [-0.39, 0.29) is 16.7 Å². The number of ether oxygens (including phenoxy) is 1. The van der Waals surface area contributed by atoms with Crippen molar-refractivity contribution < 1.29 is 9.53 Å². The number of nitrogens with zero attached hydrogens (tertiary/aromatic N) is 2. The van der Waals surface area contributed by atoms with Gasteiger partial charge >= 0.3 is 0 Å². The Labute approximate surface area is 174 Å². The van der Waals surface area contributed by atoms with E-state index in [0.717, 1.165) is 19.3 Å². The Morgan fingerprint density at radius 1 is 1.10 bits per heavy atom. The van der Waals surface area contributed by atoms with Crippen LogP contribution < -0.4 is 4.74 Å². The van der Waals surface area contributed by atoms with E-state index in [1.165, 1.54) is 29.7 Å². The number of likely N-dealkylation sites (tertiary alicyclic amines) is 1. The first-order valence-corrected chi connectivity index (χ1v) is 11.1. The number of methoxy groups -OCH3 is 1. The van der Waals surface area contributed by atoms with Crippen LogP contribution in [-0.2, 0) is 4.79 Å². The lowest BCUT2D eigenvalue weighted by Crippen LogP contribution is -2.53. The molecule has 0 radical (unpaired) electrons. The van der Waals surface area contributed by atoms with Crippen LogP contribution in [0.3, 0.4) is 0 Å². The summed E-state index contributed by atoms with van der Waals surface area (Å²) >= 11 is 0. The third-order valence-electron chi connectivity index (χ3n) is 8.85. The van der Waals surface area contributed by atoms with Crippen LogP contribution in [0.25, 0.3) is 5.57 Å². The summed E-state index contributed by atoms with van der Waals surface area (Å²) in [5, 5.41) is 0. The molecule has 4 aliphatic rings. The van der Waals surface area contributed by atoms with Gasteiger partial charge in [-0.2, -0.15) is 0 Å². The molecule has 2 heterocycles. The molecule has 2 fully saturated rings. The van der Waals surface area contributed by atoms with Crippen molar-refractivity contribution in [3.8, 4) is 5.88 Å². The lowest BCUT2D eigenvalue weighted by molar-refractivity contribution is -0.135. The van der Waals surface area contributed by atoms with Gasteiger partial charge < -0.3 is 9.64 Å². The van der Waals surface area contributed by atoms with E-state index < -0.39 is 0 Å². The second kappa shape index (κ2) is 6.45. The van der Waals surface area contributed by atoms with Crippen molar-refractivity contribution in [1.82, 2.24) is 9.88 Å². The van der Waals surface area contributed by atoms with Crippen LogP contribution in [0.1, 0.15) is 57.9 Å². The van der Waals surface area contributed by atoms with Crippen LogP contribution in [0.4, 0.5) is 0 Å². The smallest absolute Gasteiger partial charge is 0.226 e. The molecule has 0 spiro atoms. The van der Waals surface area contributed by atoms with E-state index in [4.69, 9.17) is 4.74 Å². The lowest BCUT2D eigenvalue weighted by atomic mass is 9.49. The van der Waals surface area contributed by atoms with Crippen molar-refractivity contribution >= 4 is 11.5 Å². The van der Waals surface area contributed by atoms with Gasteiger partial charge in [-0.15, -0.1) is 0 Å². The maximum atomic E-state index is 12.3. The average molecular weight is 393 g/mol. The highest BCUT2D eigenvalue weighted by Crippen LogP contribution is 2.65. The minimum Gasteiger partial charge on any atom is -0.481 e. The largest absolute Gasteiger partial charge is 0.481 e. The molecule has 3 aliphatic carbocycles. The van der Waals surface area contributed by atoms with Crippen molar-refractivity contribution in [2.24, 2.45) is 28.6 Å². The Hall–Kier alpha value is -2.10. The predicted octanol–water partition coefficient (Wildman–Crippen LogP) is 5.07. The van der Waals surface area contributed by atoms with Crippen molar-refractivity contribution in [3.63, 3.8) is 0 Å². The van der Waals surface area contributed by atoms with Crippen molar-refractivity contribution in [1.29, 1.82) is 0 Å². The second-order valence-corrected chi connectivity index (χ2v) is 9.97. The first-order chi connectivity index (χ1) is 13.9. The van der Waals surface area contributed by atoms with Gasteiger partial charge in [0.2, 0.25) is 11.8 Å². The zero-order valence-corrected chi connectivity index (χ0v) is 18.1. The number of rotatable bonds is 2. The summed E-state index contributed by atoms with van der Waals surface area (Å²) < 4.78 is 5.25. The summed E-state index contributed by atoms with van der Waals surface area (Å²) in [6.45, 7) is 4.91. The topological polar surface area (TPSA) is 42.4 Å². The third kappa shape index (κ3) is 2.57. The van der Waals surface area contributed by atoms with Crippen LogP contribution in [0, 0.1) is 28.6 Å². The molecule has 0 bridgehead atoms. The van der Waals surface area contributed by atoms with Crippen LogP contribution in [0.15, 0.2) is 36.2 Å². The highest BCUT2D eigenvalue weighted by atomic mass is 16.5. The monoisotopic (exact) mass is 392 g/mol. The molecule has 0 aromatic carbocycles. The molecule has 0 unspecified atom stereocenters. The molecule has 1 aliphatic heterocycles. The number of allylic oxidation sites excluding steroid dienone is 4. The summed E-state index contributed by atoms with van der Waals surface area (Å²) in [5.41, 5.74) is 4.39. The Balaban J connectivity index is 1.46. The summed E-state index contributed by atoms with van der Waals surface area (Å²) in [7, 11) is 3.64. The number of fused-ring (bicyclic) bond motifs is 5. The molecule has 4 nitrogen and oxygen atoms in total. The van der Waals surface area contributed by atoms with Crippen molar-refractivity contribution in [2.75, 3.05) is 14.2 Å². The van der Waals surface area contributed by atoms with E-state index in [1.54, 1.807) is 7.11 Å². The number of carbonyl (C=O) groups excluding carboxylic acids is 1. The van der Waals surface area contributed by atoms with E-state index in [1.807, 2.05) is 24.2 Å². The van der Waals surface area contributed by atoms with Crippen LogP contribution in [-0.4, -0.2) is 29.9 Å². The van der Waals surface area contributed by atoms with Gasteiger partial charge in [0.25, 0.3) is 0 Å². The quantitative estimate of drug-likeness (QED) is 0.705. The van der Waals surface area contributed by atoms with Gasteiger partial charge in [0.05, 0.1) is 7.11 Å². The van der Waals surface area contributed by atoms with Gasteiger partial charge in [0, 0.05) is 36.8 Å². The minimum atomic E-state index is 0.150. The number of hydrogen-bond donors (Lipinski definition) is 0. The molecule has 5 rings (SSSR count). The Bertz CT molecular complexity index is 902. The standard InChI is InChI=1S/C25H32N2O2/c1-24-13-11-20-17(6-9-21-25(20,2)14-12-23(28)27(21)3)19(24)8-7-18(24)16-5-10-22(29-4)26-15-16/h5,7,9-10,15,17,19-20H,6,8,11-14H2,1-4H3/t17-,19-,20-,24+,25+/m0/s1. The molecular formula is C25H32N2O2. The summed E-state index contributed by atoms with van der Waals surface area (Å²) in [6.07, 6.45) is 13.3. The fourth-order valence-electron chi connectivity index (χ4n) is 7.26. The van der Waals surface area contributed by atoms with Gasteiger partial charge in [-0.25, -0.2) is 4.98 Å². The predicted molar refractivity (Wildman–Crippen MR) is 114 cm³/mol. The highest BCUT2D eigenvalue weighted by Gasteiger charge is 2.57. The van der Waals surface area contributed by atoms with Crippen molar-refractivity contribution in [2.45, 2.75) is 52.4 Å². The van der Waals surface area contributed by atoms with Crippen LogP contribution in [0.2, 0.25) is 0 Å². The van der Waals surface area contributed by atoms with Gasteiger partial charge in [-0.05, 0) is 72.5 Å². The Morgan fingerprint density at radius 3 is 2.66 bits per heavy atom. The SMILES string of the molecule is COc1ccc(C2=CC[C@H]3[C@@H]4CC=C5N(C)C(=O)CC[C@]5(C)[C@H]4CC[C@]23C)cn1. The number of aromatic nitrogens is 1. The van der Waals surface area contributed by atoms with E-state index >= 15 is 0 Å². The highest BCUT2D eigenvalue weighted by molar-refractivity contribution is 5.79. The first kappa shape index (κ1) is 18.9. The summed E-state index contributed by atoms with van der Waals surface area (Å²) in [5.74, 6) is 3.01. The first-order valence-electron chi connectivity index (χ1n) is 11.1. The molecule has 0 N–H and O–H groups in total. The van der Waals surface area contributed by atoms with Crippen LogP contribution in [0.5, 0.6) is 5.88 Å². The van der Waals surface area contributed by atoms with Gasteiger partial charge in [-0.3, -0.25) is 4.79 Å². The number of piperidine rings is 1. The average Bonchev–Trinajstić information content (AvgIpc) is 3.08.